The molecule has 0 atom stereocenters. The summed E-state index contributed by atoms with van der Waals surface area (Å²) in [5, 5.41) is 0. The highest BCUT2D eigenvalue weighted by Crippen LogP contribution is 2.51. The van der Waals surface area contributed by atoms with Crippen LogP contribution in [0.4, 0.5) is 13.2 Å². The molecule has 0 saturated heterocycles. The van der Waals surface area contributed by atoms with Gasteiger partial charge in [0.25, 0.3) is 0 Å². The van der Waals surface area contributed by atoms with Crippen LogP contribution in [0, 0.1) is 11.8 Å². The molecule has 0 heterocycles. The lowest BCUT2D eigenvalue weighted by atomic mass is 9.57. The fraction of sp³-hybridized carbons (Fsp3) is 0.704. The van der Waals surface area contributed by atoms with Crippen LogP contribution in [0.1, 0.15) is 109 Å². The molecule has 2 aliphatic rings. The minimum Gasteiger partial charge on any atom is -0.428 e. The molecule has 4 heteroatoms. The zero-order valence-electron chi connectivity index (χ0n) is 19.1. The molecule has 0 amide bonds. The van der Waals surface area contributed by atoms with E-state index >= 15 is 0 Å². The molecule has 3 rings (SSSR count). The van der Waals surface area contributed by atoms with Gasteiger partial charge in [0.1, 0.15) is 5.75 Å². The minimum atomic E-state index is -2.42. The van der Waals surface area contributed by atoms with Crippen molar-refractivity contribution in [1.82, 2.24) is 0 Å². The molecule has 1 nitrogen and oxygen atoms in total. The first-order chi connectivity index (χ1) is 15.0. The number of ether oxygens (including phenoxy) is 1. The predicted octanol–water partition coefficient (Wildman–Crippen LogP) is 9.47. The first kappa shape index (κ1) is 24.2. The highest BCUT2D eigenvalue weighted by atomic mass is 19.3. The van der Waals surface area contributed by atoms with Gasteiger partial charge in [-0.05, 0) is 60.6 Å². The van der Waals surface area contributed by atoms with Gasteiger partial charge in [-0.1, -0.05) is 89.7 Å². The van der Waals surface area contributed by atoms with Crippen molar-refractivity contribution < 1.29 is 17.9 Å². The van der Waals surface area contributed by atoms with Crippen LogP contribution in [0.2, 0.25) is 0 Å². The summed E-state index contributed by atoms with van der Waals surface area (Å²) < 4.78 is 42.4. The van der Waals surface area contributed by atoms with Crippen LogP contribution < -0.4 is 4.74 Å². The second-order valence-electron chi connectivity index (χ2n) is 9.80. The van der Waals surface area contributed by atoms with E-state index in [0.717, 1.165) is 5.92 Å². The molecular weight excluding hydrogens is 397 g/mol. The highest BCUT2D eigenvalue weighted by Gasteiger charge is 2.42. The second-order valence-corrected chi connectivity index (χ2v) is 9.80. The van der Waals surface area contributed by atoms with E-state index in [1.807, 2.05) is 12.1 Å². The van der Waals surface area contributed by atoms with Crippen molar-refractivity contribution in [3.8, 4) is 5.75 Å². The molecule has 2 saturated carbocycles. The van der Waals surface area contributed by atoms with E-state index in [0.29, 0.717) is 5.92 Å². The molecule has 0 spiro atoms. The van der Waals surface area contributed by atoms with Gasteiger partial charge in [-0.3, -0.25) is 0 Å². The lowest BCUT2D eigenvalue weighted by molar-refractivity contribution is 0.124. The second kappa shape index (κ2) is 12.0. The Hall–Kier alpha value is -1.45. The fourth-order valence-corrected chi connectivity index (χ4v) is 6.15. The van der Waals surface area contributed by atoms with Crippen LogP contribution in [0.5, 0.6) is 5.75 Å². The van der Waals surface area contributed by atoms with E-state index in [1.54, 1.807) is 12.1 Å². The van der Waals surface area contributed by atoms with Crippen molar-refractivity contribution in [2.24, 2.45) is 11.8 Å². The summed E-state index contributed by atoms with van der Waals surface area (Å²) in [7, 11) is 0. The Morgan fingerprint density at radius 2 is 1.52 bits per heavy atom. The van der Waals surface area contributed by atoms with E-state index in [9.17, 15) is 13.2 Å². The van der Waals surface area contributed by atoms with E-state index < -0.39 is 12.1 Å². The fourth-order valence-electron chi connectivity index (χ4n) is 6.15. The Labute approximate surface area is 186 Å². The number of benzene rings is 1. The maximum atomic E-state index is 13.1. The number of hydrogen-bond donors (Lipinski definition) is 0. The average molecular weight is 437 g/mol. The third kappa shape index (κ3) is 6.52. The van der Waals surface area contributed by atoms with Crippen LogP contribution >= 0.6 is 0 Å². The standard InChI is InChI=1S/C27H39F3O/c1-2-3-4-5-7-10-21-11-13-22(14-12-21)27(19-8-6-9-20-27)23-15-17-24(18-16-23)31-26(30)25(28)29/h15-18,21-22H,2-14,19-20H2,1H3/t21-,22-. The van der Waals surface area contributed by atoms with Gasteiger partial charge in [0.2, 0.25) is 0 Å². The molecular formula is C27H39F3O. The monoisotopic (exact) mass is 436 g/mol. The number of rotatable bonds is 10. The summed E-state index contributed by atoms with van der Waals surface area (Å²) in [6.45, 7) is 2.27. The van der Waals surface area contributed by atoms with E-state index in [-0.39, 0.29) is 11.2 Å². The Bertz CT molecular complexity index is 679. The zero-order chi connectivity index (χ0) is 22.1. The van der Waals surface area contributed by atoms with Gasteiger partial charge in [0.15, 0.2) is 0 Å². The Morgan fingerprint density at radius 3 is 2.13 bits per heavy atom. The predicted molar refractivity (Wildman–Crippen MR) is 121 cm³/mol. The third-order valence-corrected chi connectivity index (χ3v) is 7.88. The maximum Gasteiger partial charge on any atom is 0.344 e. The van der Waals surface area contributed by atoms with E-state index in [4.69, 9.17) is 0 Å². The van der Waals surface area contributed by atoms with Crippen molar-refractivity contribution in [1.29, 1.82) is 0 Å². The topological polar surface area (TPSA) is 9.23 Å². The van der Waals surface area contributed by atoms with Gasteiger partial charge in [-0.2, -0.15) is 13.2 Å². The van der Waals surface area contributed by atoms with Gasteiger partial charge < -0.3 is 4.74 Å². The Balaban J connectivity index is 1.62. The quantitative estimate of drug-likeness (QED) is 0.262. The minimum absolute atomic E-state index is 0.131. The van der Waals surface area contributed by atoms with Crippen LogP contribution in [0.25, 0.3) is 0 Å². The van der Waals surface area contributed by atoms with Crippen LogP contribution in [-0.4, -0.2) is 0 Å². The molecule has 0 aromatic heterocycles. The van der Waals surface area contributed by atoms with Gasteiger partial charge in [0, 0.05) is 0 Å². The highest BCUT2D eigenvalue weighted by molar-refractivity contribution is 5.34. The summed E-state index contributed by atoms with van der Waals surface area (Å²) in [4.78, 5) is 0. The van der Waals surface area contributed by atoms with Crippen LogP contribution in [0.3, 0.4) is 0 Å². The smallest absolute Gasteiger partial charge is 0.344 e. The van der Waals surface area contributed by atoms with E-state index in [1.165, 1.54) is 102 Å². The molecule has 1 aromatic carbocycles. The van der Waals surface area contributed by atoms with Crippen molar-refractivity contribution in [2.45, 2.75) is 109 Å². The summed E-state index contributed by atoms with van der Waals surface area (Å²) in [6.07, 6.45) is 17.2. The summed E-state index contributed by atoms with van der Waals surface area (Å²) in [6, 6.07) is 5.47. The SMILES string of the molecule is CCCCCCC[C@H]1CC[C@H](C2(c3ccc(OC(F)=C(F)F)cc3)CCCCC2)CC1. The van der Waals surface area contributed by atoms with Gasteiger partial charge in [-0.25, -0.2) is 0 Å². The first-order valence-corrected chi connectivity index (χ1v) is 12.5. The summed E-state index contributed by atoms with van der Waals surface area (Å²) >= 11 is 0. The molecule has 31 heavy (non-hydrogen) atoms. The van der Waals surface area contributed by atoms with Gasteiger partial charge >= 0.3 is 12.1 Å². The molecule has 1 aromatic rings. The van der Waals surface area contributed by atoms with Crippen LogP contribution in [-0.2, 0) is 5.41 Å². The largest absolute Gasteiger partial charge is 0.428 e. The normalized spacial score (nSPS) is 23.4. The van der Waals surface area contributed by atoms with Crippen molar-refractivity contribution in [3.63, 3.8) is 0 Å². The van der Waals surface area contributed by atoms with Crippen molar-refractivity contribution in [2.75, 3.05) is 0 Å². The molecule has 0 aliphatic heterocycles. The molecule has 0 N–H and O–H groups in total. The lowest BCUT2D eigenvalue weighted by Gasteiger charge is -2.47. The molecule has 0 bridgehead atoms. The van der Waals surface area contributed by atoms with Gasteiger partial charge in [0.05, 0.1) is 0 Å². The average Bonchev–Trinajstić information content (AvgIpc) is 2.80. The number of hydrogen-bond acceptors (Lipinski definition) is 1. The molecule has 0 radical (unpaired) electrons. The molecule has 0 unspecified atom stereocenters. The zero-order valence-corrected chi connectivity index (χ0v) is 19.1. The van der Waals surface area contributed by atoms with Gasteiger partial charge in [-0.15, -0.1) is 0 Å². The molecule has 174 valence electrons. The Morgan fingerprint density at radius 1 is 0.871 bits per heavy atom. The lowest BCUT2D eigenvalue weighted by Crippen LogP contribution is -2.39. The number of unbranched alkanes of at least 4 members (excludes halogenated alkanes) is 4. The van der Waals surface area contributed by atoms with E-state index in [2.05, 4.69) is 11.7 Å². The Kier molecular flexibility index (Phi) is 9.34. The van der Waals surface area contributed by atoms with Crippen LogP contribution in [0.15, 0.2) is 36.4 Å². The number of halogens is 3. The molecule has 2 aliphatic carbocycles. The first-order valence-electron chi connectivity index (χ1n) is 12.5. The van der Waals surface area contributed by atoms with Crippen molar-refractivity contribution >= 4 is 0 Å². The summed E-state index contributed by atoms with van der Waals surface area (Å²) in [5.74, 6) is 1.71. The summed E-state index contributed by atoms with van der Waals surface area (Å²) in [5.41, 5.74) is 1.47. The third-order valence-electron chi connectivity index (χ3n) is 7.88. The van der Waals surface area contributed by atoms with Crippen molar-refractivity contribution in [3.05, 3.63) is 41.9 Å². The maximum absolute atomic E-state index is 13.1. The molecule has 2 fully saturated rings.